The van der Waals surface area contributed by atoms with Gasteiger partial charge in [-0.1, -0.05) is 0 Å². The van der Waals surface area contributed by atoms with Crippen LogP contribution in [0.25, 0.3) is 5.69 Å². The molecule has 1 aromatic carbocycles. The number of aryl methyl sites for hydroxylation is 1. The molecule has 0 spiro atoms. The molecule has 0 fully saturated rings. The molecule has 0 N–H and O–H groups in total. The fourth-order valence-corrected chi connectivity index (χ4v) is 4.58. The van der Waals surface area contributed by atoms with Crippen LogP contribution >= 0.6 is 0 Å². The molecule has 138 valence electrons. The third-order valence-electron chi connectivity index (χ3n) is 5.37. The molecule has 0 saturated carbocycles. The fourth-order valence-electron chi connectivity index (χ4n) is 4.02. The third kappa shape index (κ3) is 2.91. The summed E-state index contributed by atoms with van der Waals surface area (Å²) >= 11 is 2.55. The van der Waals surface area contributed by atoms with Crippen LogP contribution in [0, 0.1) is 12.8 Å². The number of halogens is 1. The number of imidazole rings is 1. The Balaban J connectivity index is 1.64. The van der Waals surface area contributed by atoms with Gasteiger partial charge in [0.25, 0.3) is 0 Å². The van der Waals surface area contributed by atoms with Crippen molar-refractivity contribution < 1.29 is 4.39 Å². The molecule has 1 atom stereocenters. The maximum absolute atomic E-state index is 14.1. The first-order valence-corrected chi connectivity index (χ1v) is 10.2. The number of hydrogen-bond donors (Lipinski definition) is 0. The van der Waals surface area contributed by atoms with E-state index in [-0.39, 0.29) is 11.7 Å². The van der Waals surface area contributed by atoms with Crippen LogP contribution in [0.4, 0.5) is 10.1 Å². The van der Waals surface area contributed by atoms with Crippen molar-refractivity contribution in [3.63, 3.8) is 0 Å². The Kier molecular flexibility index (Phi) is 4.21. The number of hydrogen-bond acceptors (Lipinski definition) is 3. The SMILES string of the molecule is Cc1cn(-c2cccc(N3C=NC([As])=C4CCC5C=CC(F)=CC5=C43)c2)cn1. The zero-order valence-electron chi connectivity index (χ0n) is 15.4. The van der Waals surface area contributed by atoms with Gasteiger partial charge in [-0.15, -0.1) is 0 Å². The standard InChI is InChI=1S/C22H18AsFN4/c1-14-11-27(12-25-14)17-3-2-4-18(10-17)28-13-26-22(23)19-8-6-15-5-7-16(24)9-20(15)21(19)28/h2-5,7,9-13,15H,6,8H2,1H3. The van der Waals surface area contributed by atoms with Crippen molar-refractivity contribution in [2.24, 2.45) is 10.9 Å². The van der Waals surface area contributed by atoms with E-state index in [1.54, 1.807) is 12.2 Å². The monoisotopic (exact) mass is 432 g/mol. The Hall–Kier alpha value is -2.65. The molecule has 5 rings (SSSR count). The molecular weight excluding hydrogens is 414 g/mol. The van der Waals surface area contributed by atoms with E-state index in [1.165, 1.54) is 5.57 Å². The molecule has 4 nitrogen and oxygen atoms in total. The van der Waals surface area contributed by atoms with Crippen molar-refractivity contribution in [2.75, 3.05) is 4.90 Å². The second-order valence-corrected chi connectivity index (χ2v) is 8.09. The Morgan fingerprint density at radius 3 is 2.93 bits per heavy atom. The van der Waals surface area contributed by atoms with E-state index in [9.17, 15) is 4.39 Å². The minimum atomic E-state index is -0.197. The van der Waals surface area contributed by atoms with E-state index in [2.05, 4.69) is 49.9 Å². The molecule has 1 unspecified atom stereocenters. The molecule has 2 heterocycles. The van der Waals surface area contributed by atoms with Gasteiger partial charge in [0.2, 0.25) is 0 Å². The molecule has 3 aliphatic rings. The van der Waals surface area contributed by atoms with Crippen molar-refractivity contribution in [2.45, 2.75) is 19.8 Å². The number of allylic oxidation sites excluding steroid dienone is 6. The number of rotatable bonds is 2. The summed E-state index contributed by atoms with van der Waals surface area (Å²) in [6.07, 6.45) is 12.8. The molecule has 0 amide bonds. The quantitative estimate of drug-likeness (QED) is 0.655. The number of nitrogens with zero attached hydrogens (tertiary/aromatic N) is 4. The van der Waals surface area contributed by atoms with E-state index in [4.69, 9.17) is 0 Å². The van der Waals surface area contributed by atoms with Crippen LogP contribution in [0.2, 0.25) is 0 Å². The maximum atomic E-state index is 14.1. The van der Waals surface area contributed by atoms with Gasteiger partial charge in [0, 0.05) is 0 Å². The Morgan fingerprint density at radius 1 is 1.25 bits per heavy atom. The van der Waals surface area contributed by atoms with Crippen LogP contribution in [-0.2, 0) is 0 Å². The Labute approximate surface area is 172 Å². The van der Waals surface area contributed by atoms with Crippen LogP contribution in [-0.4, -0.2) is 32.7 Å². The summed E-state index contributed by atoms with van der Waals surface area (Å²) in [6.45, 7) is 1.97. The summed E-state index contributed by atoms with van der Waals surface area (Å²) in [6, 6.07) is 8.24. The van der Waals surface area contributed by atoms with Crippen LogP contribution in [0.3, 0.4) is 0 Å². The number of aromatic nitrogens is 2. The van der Waals surface area contributed by atoms with Crippen LogP contribution < -0.4 is 4.90 Å². The van der Waals surface area contributed by atoms with E-state index < -0.39 is 0 Å². The number of benzene rings is 1. The van der Waals surface area contributed by atoms with Gasteiger partial charge >= 0.3 is 172 Å². The third-order valence-corrected chi connectivity index (χ3v) is 6.18. The molecule has 2 aliphatic carbocycles. The predicted molar refractivity (Wildman–Crippen MR) is 110 cm³/mol. The van der Waals surface area contributed by atoms with Gasteiger partial charge < -0.3 is 0 Å². The number of fused-ring (bicyclic) bond motifs is 2. The average Bonchev–Trinajstić information content (AvgIpc) is 3.15. The van der Waals surface area contributed by atoms with Gasteiger partial charge in [-0.25, -0.2) is 0 Å². The summed E-state index contributed by atoms with van der Waals surface area (Å²) in [5.74, 6) is 0.0456. The van der Waals surface area contributed by atoms with Gasteiger partial charge in [0.05, 0.1) is 0 Å². The summed E-state index contributed by atoms with van der Waals surface area (Å²) in [5, 5.41) is 0. The van der Waals surface area contributed by atoms with Crippen molar-refractivity contribution >= 4 is 28.9 Å². The predicted octanol–water partition coefficient (Wildman–Crippen LogP) is 4.50. The van der Waals surface area contributed by atoms with E-state index in [0.717, 1.165) is 45.7 Å². The molecule has 2 radical (unpaired) electrons. The van der Waals surface area contributed by atoms with E-state index >= 15 is 0 Å². The first-order chi connectivity index (χ1) is 13.6. The Bertz CT molecular complexity index is 1120. The average molecular weight is 432 g/mol. The second kappa shape index (κ2) is 6.75. The molecule has 28 heavy (non-hydrogen) atoms. The first-order valence-electron chi connectivity index (χ1n) is 9.26. The fraction of sp³-hybridized carbons (Fsp3) is 0.182. The van der Waals surface area contributed by atoms with Gasteiger partial charge in [0.1, 0.15) is 0 Å². The van der Waals surface area contributed by atoms with Crippen molar-refractivity contribution in [3.05, 3.63) is 87.9 Å². The second-order valence-electron chi connectivity index (χ2n) is 7.20. The van der Waals surface area contributed by atoms with Crippen molar-refractivity contribution in [3.8, 4) is 5.69 Å². The summed E-state index contributed by atoms with van der Waals surface area (Å²) < 4.78 is 17.0. The number of aliphatic imine (C=N–C) groups is 1. The molecular formula is C22H18AsFN4. The number of anilines is 1. The van der Waals surface area contributed by atoms with Crippen molar-refractivity contribution in [1.82, 2.24) is 9.55 Å². The van der Waals surface area contributed by atoms with Gasteiger partial charge in [-0.2, -0.15) is 0 Å². The Morgan fingerprint density at radius 2 is 2.11 bits per heavy atom. The van der Waals surface area contributed by atoms with Crippen molar-refractivity contribution in [1.29, 1.82) is 0 Å². The molecule has 0 bridgehead atoms. The molecule has 2 aromatic rings. The van der Waals surface area contributed by atoms with E-state index in [1.807, 2.05) is 42.5 Å². The molecule has 1 aromatic heterocycles. The van der Waals surface area contributed by atoms with Gasteiger partial charge in [0.15, 0.2) is 0 Å². The molecule has 6 heteroatoms. The molecule has 1 aliphatic heterocycles. The zero-order valence-corrected chi connectivity index (χ0v) is 17.3. The summed E-state index contributed by atoms with van der Waals surface area (Å²) in [5.41, 5.74) is 6.25. The molecule has 0 saturated heterocycles. The zero-order chi connectivity index (χ0) is 19.3. The normalized spacial score (nSPS) is 21.0. The van der Waals surface area contributed by atoms with Crippen LogP contribution in [0.1, 0.15) is 18.5 Å². The minimum absolute atomic E-state index is 0.197. The van der Waals surface area contributed by atoms with Crippen LogP contribution in [0.5, 0.6) is 0 Å². The summed E-state index contributed by atoms with van der Waals surface area (Å²) in [4.78, 5) is 11.0. The topological polar surface area (TPSA) is 33.4 Å². The van der Waals surface area contributed by atoms with Crippen LogP contribution in [0.15, 0.2) is 87.2 Å². The van der Waals surface area contributed by atoms with Gasteiger partial charge in [-0.05, 0) is 0 Å². The van der Waals surface area contributed by atoms with Gasteiger partial charge in [-0.3, -0.25) is 0 Å². The summed E-state index contributed by atoms with van der Waals surface area (Å²) in [7, 11) is 0. The first kappa shape index (κ1) is 17.4. The van der Waals surface area contributed by atoms with E-state index in [0.29, 0.717) is 0 Å².